The molecular weight excluding hydrogens is 286 g/mol. The fraction of sp³-hybridized carbons (Fsp3) is 0.400. The zero-order valence-electron chi connectivity index (χ0n) is 12.1. The van der Waals surface area contributed by atoms with Gasteiger partial charge in [-0.2, -0.15) is 12.7 Å². The molecule has 0 radical (unpaired) electrons. The fourth-order valence-electron chi connectivity index (χ4n) is 2.66. The standard InChI is InChI=1S/C15H19N3O2S/c1-17(21(19,20)18-10-3-2-4-11-18)14-7-8-15-13(12-14)6-5-9-16-15/h5-9,12H,2-4,10-11H2,1H3. The molecule has 2 heterocycles. The molecule has 0 spiro atoms. The Morgan fingerprint density at radius 1 is 1.14 bits per heavy atom. The van der Waals surface area contributed by atoms with Crippen molar-refractivity contribution < 1.29 is 8.42 Å². The van der Waals surface area contributed by atoms with Crippen molar-refractivity contribution in [1.82, 2.24) is 9.29 Å². The second kappa shape index (κ2) is 5.61. The summed E-state index contributed by atoms with van der Waals surface area (Å²) in [5, 5.41) is 0.940. The molecule has 1 aliphatic heterocycles. The summed E-state index contributed by atoms with van der Waals surface area (Å²) in [4.78, 5) is 4.26. The van der Waals surface area contributed by atoms with Crippen LogP contribution in [0.2, 0.25) is 0 Å². The van der Waals surface area contributed by atoms with E-state index in [0.29, 0.717) is 18.8 Å². The summed E-state index contributed by atoms with van der Waals surface area (Å²) >= 11 is 0. The van der Waals surface area contributed by atoms with Crippen LogP contribution in [-0.2, 0) is 10.2 Å². The number of pyridine rings is 1. The van der Waals surface area contributed by atoms with Crippen molar-refractivity contribution in [2.75, 3.05) is 24.4 Å². The van der Waals surface area contributed by atoms with Crippen LogP contribution < -0.4 is 4.31 Å². The molecule has 3 rings (SSSR count). The van der Waals surface area contributed by atoms with Gasteiger partial charge in [0.1, 0.15) is 0 Å². The number of piperidine rings is 1. The Hall–Kier alpha value is -1.66. The Bertz CT molecular complexity index is 739. The van der Waals surface area contributed by atoms with Crippen molar-refractivity contribution in [2.24, 2.45) is 0 Å². The largest absolute Gasteiger partial charge is 0.303 e. The van der Waals surface area contributed by atoms with E-state index in [1.165, 1.54) is 4.31 Å². The van der Waals surface area contributed by atoms with E-state index in [4.69, 9.17) is 0 Å². The van der Waals surface area contributed by atoms with Crippen LogP contribution in [0.3, 0.4) is 0 Å². The lowest BCUT2D eigenvalue weighted by Crippen LogP contribution is -2.44. The maximum atomic E-state index is 12.7. The topological polar surface area (TPSA) is 53.5 Å². The second-order valence-corrected chi connectivity index (χ2v) is 7.28. The SMILES string of the molecule is CN(c1ccc2ncccc2c1)S(=O)(=O)N1CCCCC1. The number of benzene rings is 1. The van der Waals surface area contributed by atoms with Crippen LogP contribution in [0.15, 0.2) is 36.5 Å². The number of anilines is 1. The highest BCUT2D eigenvalue weighted by Crippen LogP contribution is 2.24. The first kappa shape index (κ1) is 14.3. The van der Waals surface area contributed by atoms with Gasteiger partial charge >= 0.3 is 10.2 Å². The van der Waals surface area contributed by atoms with E-state index in [1.54, 1.807) is 23.6 Å². The smallest absolute Gasteiger partial charge is 0.261 e. The fourth-order valence-corrected chi connectivity index (χ4v) is 4.11. The van der Waals surface area contributed by atoms with Crippen LogP contribution in [0.5, 0.6) is 0 Å². The highest BCUT2D eigenvalue weighted by atomic mass is 32.2. The average molecular weight is 305 g/mol. The van der Waals surface area contributed by atoms with Crippen LogP contribution in [0.25, 0.3) is 10.9 Å². The van der Waals surface area contributed by atoms with E-state index in [2.05, 4.69) is 4.98 Å². The Kier molecular flexibility index (Phi) is 3.82. The molecule has 5 nitrogen and oxygen atoms in total. The van der Waals surface area contributed by atoms with E-state index in [9.17, 15) is 8.42 Å². The molecule has 0 saturated carbocycles. The first-order chi connectivity index (χ1) is 10.1. The third-order valence-corrected chi connectivity index (χ3v) is 5.86. The molecule has 21 heavy (non-hydrogen) atoms. The molecule has 112 valence electrons. The van der Waals surface area contributed by atoms with E-state index < -0.39 is 10.2 Å². The van der Waals surface area contributed by atoms with Gasteiger partial charge in [-0.3, -0.25) is 9.29 Å². The molecule has 1 aromatic carbocycles. The van der Waals surface area contributed by atoms with Crippen LogP contribution in [0, 0.1) is 0 Å². The van der Waals surface area contributed by atoms with Gasteiger partial charge in [-0.15, -0.1) is 0 Å². The minimum Gasteiger partial charge on any atom is -0.261 e. The maximum absolute atomic E-state index is 12.7. The summed E-state index contributed by atoms with van der Waals surface area (Å²) in [7, 11) is -1.82. The molecule has 0 unspecified atom stereocenters. The van der Waals surface area contributed by atoms with Gasteiger partial charge in [-0.25, -0.2) is 0 Å². The quantitative estimate of drug-likeness (QED) is 0.875. The predicted molar refractivity (Wildman–Crippen MR) is 84.5 cm³/mol. The van der Waals surface area contributed by atoms with Crippen molar-refractivity contribution >= 4 is 26.8 Å². The monoisotopic (exact) mass is 305 g/mol. The van der Waals surface area contributed by atoms with Gasteiger partial charge in [0.05, 0.1) is 11.2 Å². The van der Waals surface area contributed by atoms with Gasteiger partial charge in [-0.05, 0) is 37.1 Å². The first-order valence-electron chi connectivity index (χ1n) is 7.18. The number of hydrogen-bond acceptors (Lipinski definition) is 3. The normalized spacial score (nSPS) is 17.0. The second-order valence-electron chi connectivity index (χ2n) is 5.32. The molecule has 1 saturated heterocycles. The molecule has 0 amide bonds. The summed E-state index contributed by atoms with van der Waals surface area (Å²) in [6, 6.07) is 9.31. The number of rotatable bonds is 3. The van der Waals surface area contributed by atoms with Crippen LogP contribution in [-0.4, -0.2) is 37.8 Å². The van der Waals surface area contributed by atoms with Crippen molar-refractivity contribution in [3.05, 3.63) is 36.5 Å². The summed E-state index contributed by atoms with van der Waals surface area (Å²) in [5.74, 6) is 0. The molecule has 1 aromatic heterocycles. The lowest BCUT2D eigenvalue weighted by molar-refractivity contribution is 0.346. The highest BCUT2D eigenvalue weighted by molar-refractivity contribution is 7.90. The zero-order chi connectivity index (χ0) is 14.9. The van der Waals surface area contributed by atoms with E-state index >= 15 is 0 Å². The Labute approximate surface area is 125 Å². The molecule has 0 bridgehead atoms. The van der Waals surface area contributed by atoms with E-state index in [0.717, 1.165) is 30.2 Å². The molecule has 0 N–H and O–H groups in total. The molecule has 0 atom stereocenters. The summed E-state index contributed by atoms with van der Waals surface area (Å²) in [6.45, 7) is 1.23. The maximum Gasteiger partial charge on any atom is 0.303 e. The van der Waals surface area contributed by atoms with Crippen molar-refractivity contribution in [3.8, 4) is 0 Å². The van der Waals surface area contributed by atoms with Crippen molar-refractivity contribution in [2.45, 2.75) is 19.3 Å². The van der Waals surface area contributed by atoms with Gasteiger partial charge < -0.3 is 0 Å². The Balaban J connectivity index is 1.93. The number of aromatic nitrogens is 1. The molecule has 2 aromatic rings. The van der Waals surface area contributed by atoms with Gasteiger partial charge in [0.25, 0.3) is 0 Å². The summed E-state index contributed by atoms with van der Waals surface area (Å²) in [6.07, 6.45) is 4.72. The molecule has 6 heteroatoms. The number of nitrogens with zero attached hydrogens (tertiary/aromatic N) is 3. The van der Waals surface area contributed by atoms with E-state index in [-0.39, 0.29) is 0 Å². The molecule has 1 aliphatic rings. The van der Waals surface area contributed by atoms with Gasteiger partial charge in [0.15, 0.2) is 0 Å². The van der Waals surface area contributed by atoms with Crippen LogP contribution >= 0.6 is 0 Å². The van der Waals surface area contributed by atoms with Crippen molar-refractivity contribution in [1.29, 1.82) is 0 Å². The minimum atomic E-state index is -3.44. The van der Waals surface area contributed by atoms with Gasteiger partial charge in [0.2, 0.25) is 0 Å². The third kappa shape index (κ3) is 2.73. The molecule has 1 fully saturated rings. The Morgan fingerprint density at radius 2 is 1.90 bits per heavy atom. The Morgan fingerprint density at radius 3 is 2.67 bits per heavy atom. The lowest BCUT2D eigenvalue weighted by atomic mass is 10.2. The molecular formula is C15H19N3O2S. The number of hydrogen-bond donors (Lipinski definition) is 0. The average Bonchev–Trinajstić information content (AvgIpc) is 2.54. The van der Waals surface area contributed by atoms with Crippen LogP contribution in [0.4, 0.5) is 5.69 Å². The number of fused-ring (bicyclic) bond motifs is 1. The predicted octanol–water partition coefficient (Wildman–Crippen LogP) is 2.40. The van der Waals surface area contributed by atoms with E-state index in [1.807, 2.05) is 24.3 Å². The minimum absolute atomic E-state index is 0.613. The third-order valence-electron chi connectivity index (χ3n) is 3.94. The lowest BCUT2D eigenvalue weighted by Gasteiger charge is -2.31. The van der Waals surface area contributed by atoms with Gasteiger partial charge in [-0.1, -0.05) is 12.5 Å². The highest BCUT2D eigenvalue weighted by Gasteiger charge is 2.28. The van der Waals surface area contributed by atoms with Crippen LogP contribution in [0.1, 0.15) is 19.3 Å². The molecule has 0 aliphatic carbocycles. The summed E-state index contributed by atoms with van der Waals surface area (Å²) < 4.78 is 28.3. The zero-order valence-corrected chi connectivity index (χ0v) is 12.9. The van der Waals surface area contributed by atoms with Gasteiger partial charge in [0, 0.05) is 31.7 Å². The first-order valence-corrected chi connectivity index (χ1v) is 8.57. The summed E-state index contributed by atoms with van der Waals surface area (Å²) in [5.41, 5.74) is 1.53. The van der Waals surface area contributed by atoms with Crippen molar-refractivity contribution in [3.63, 3.8) is 0 Å².